The molecule has 0 aliphatic carbocycles. The molecule has 3 rings (SSSR count). The van der Waals surface area contributed by atoms with Gasteiger partial charge in [-0.1, -0.05) is 51.4 Å². The van der Waals surface area contributed by atoms with E-state index in [0.717, 1.165) is 21.3 Å². The molecular weight excluding hydrogens is 330 g/mol. The minimum atomic E-state index is 0.502. The lowest BCUT2D eigenvalue weighted by molar-refractivity contribution is 0.384. The van der Waals surface area contributed by atoms with Crippen molar-refractivity contribution in [1.82, 2.24) is 10.1 Å². The van der Waals surface area contributed by atoms with Gasteiger partial charge in [0, 0.05) is 15.7 Å². The number of anilines is 1. The number of aryl methyl sites for hydroxylation is 1. The molecule has 0 radical (unpaired) electrons. The second-order valence-corrected chi connectivity index (χ2v) is 5.61. The van der Waals surface area contributed by atoms with Gasteiger partial charge in [-0.15, -0.1) is 0 Å². The van der Waals surface area contributed by atoms with E-state index in [9.17, 15) is 0 Å². The Bertz CT molecular complexity index is 740. The molecular formula is C16H14BrN3O. The van der Waals surface area contributed by atoms with Crippen molar-refractivity contribution in [1.29, 1.82) is 0 Å². The molecule has 0 aliphatic heterocycles. The highest BCUT2D eigenvalue weighted by atomic mass is 79.9. The highest BCUT2D eigenvalue weighted by Crippen LogP contribution is 2.21. The molecule has 0 unspecified atom stereocenters. The van der Waals surface area contributed by atoms with Crippen LogP contribution in [0.5, 0.6) is 0 Å². The quantitative estimate of drug-likeness (QED) is 0.761. The molecule has 1 aromatic heterocycles. The van der Waals surface area contributed by atoms with Gasteiger partial charge in [0.05, 0.1) is 6.54 Å². The van der Waals surface area contributed by atoms with E-state index in [1.165, 1.54) is 0 Å². The Morgan fingerprint density at radius 1 is 1.14 bits per heavy atom. The second-order valence-electron chi connectivity index (χ2n) is 4.69. The van der Waals surface area contributed by atoms with Gasteiger partial charge in [-0.3, -0.25) is 0 Å². The van der Waals surface area contributed by atoms with Crippen LogP contribution in [0.15, 0.2) is 57.5 Å². The van der Waals surface area contributed by atoms with Gasteiger partial charge in [0.15, 0.2) is 0 Å². The molecule has 0 saturated carbocycles. The van der Waals surface area contributed by atoms with E-state index in [0.29, 0.717) is 18.3 Å². The average molecular weight is 344 g/mol. The summed E-state index contributed by atoms with van der Waals surface area (Å²) in [5.74, 6) is 1.18. The van der Waals surface area contributed by atoms with Crippen molar-refractivity contribution < 1.29 is 4.52 Å². The maximum absolute atomic E-state index is 5.27. The first kappa shape index (κ1) is 13.8. The van der Waals surface area contributed by atoms with Crippen LogP contribution in [0.4, 0.5) is 5.69 Å². The summed E-state index contributed by atoms with van der Waals surface area (Å²) in [5, 5.41) is 7.31. The lowest BCUT2D eigenvalue weighted by Gasteiger charge is -2.07. The van der Waals surface area contributed by atoms with E-state index < -0.39 is 0 Å². The third kappa shape index (κ3) is 3.31. The fourth-order valence-electron chi connectivity index (χ4n) is 2.03. The van der Waals surface area contributed by atoms with E-state index in [1.54, 1.807) is 0 Å². The van der Waals surface area contributed by atoms with E-state index >= 15 is 0 Å². The number of aromatic nitrogens is 2. The van der Waals surface area contributed by atoms with E-state index in [2.05, 4.69) is 44.4 Å². The number of rotatable bonds is 4. The highest BCUT2D eigenvalue weighted by molar-refractivity contribution is 9.10. The van der Waals surface area contributed by atoms with Gasteiger partial charge in [-0.25, -0.2) is 0 Å². The Morgan fingerprint density at radius 2 is 1.95 bits per heavy atom. The van der Waals surface area contributed by atoms with Crippen molar-refractivity contribution in [3.05, 3.63) is 64.5 Å². The van der Waals surface area contributed by atoms with Gasteiger partial charge in [-0.2, -0.15) is 4.98 Å². The van der Waals surface area contributed by atoms with Crippen LogP contribution in [0.1, 0.15) is 11.5 Å². The van der Waals surface area contributed by atoms with Gasteiger partial charge >= 0.3 is 0 Å². The molecule has 0 aliphatic rings. The number of benzene rings is 2. The largest absolute Gasteiger partial charge is 0.376 e. The molecule has 21 heavy (non-hydrogen) atoms. The molecule has 0 bridgehead atoms. The molecule has 3 aromatic rings. The van der Waals surface area contributed by atoms with Crippen molar-refractivity contribution in [2.24, 2.45) is 0 Å². The summed E-state index contributed by atoms with van der Waals surface area (Å²) < 4.78 is 6.34. The Balaban J connectivity index is 1.70. The van der Waals surface area contributed by atoms with Gasteiger partial charge in [0.2, 0.25) is 11.7 Å². The van der Waals surface area contributed by atoms with Crippen molar-refractivity contribution in [2.45, 2.75) is 13.5 Å². The first-order chi connectivity index (χ1) is 10.2. The molecule has 1 N–H and O–H groups in total. The third-order valence-corrected chi connectivity index (χ3v) is 3.61. The number of nitrogens with zero attached hydrogens (tertiary/aromatic N) is 2. The van der Waals surface area contributed by atoms with Crippen molar-refractivity contribution >= 4 is 21.6 Å². The SMILES string of the molecule is Cc1cc(Br)ccc1NCc1nc(-c2ccccc2)no1. The zero-order valence-corrected chi connectivity index (χ0v) is 13.1. The van der Waals surface area contributed by atoms with Crippen LogP contribution >= 0.6 is 15.9 Å². The Morgan fingerprint density at radius 3 is 2.71 bits per heavy atom. The predicted octanol–water partition coefficient (Wildman–Crippen LogP) is 4.42. The minimum absolute atomic E-state index is 0.502. The maximum atomic E-state index is 5.27. The van der Waals surface area contributed by atoms with E-state index in [-0.39, 0.29) is 0 Å². The molecule has 0 atom stereocenters. The van der Waals surface area contributed by atoms with E-state index in [4.69, 9.17) is 4.52 Å². The summed E-state index contributed by atoms with van der Waals surface area (Å²) in [4.78, 5) is 4.39. The van der Waals surface area contributed by atoms with Crippen molar-refractivity contribution in [3.63, 3.8) is 0 Å². The van der Waals surface area contributed by atoms with Gasteiger partial charge in [0.1, 0.15) is 0 Å². The van der Waals surface area contributed by atoms with Gasteiger partial charge < -0.3 is 9.84 Å². The Hall–Kier alpha value is -2.14. The zero-order valence-electron chi connectivity index (χ0n) is 11.5. The fourth-order valence-corrected chi connectivity index (χ4v) is 2.50. The van der Waals surface area contributed by atoms with Crippen molar-refractivity contribution in [3.8, 4) is 11.4 Å². The molecule has 106 valence electrons. The first-order valence-electron chi connectivity index (χ1n) is 6.60. The molecule has 5 heteroatoms. The Kier molecular flexibility index (Phi) is 4.01. The molecule has 0 amide bonds. The van der Waals surface area contributed by atoms with Crippen LogP contribution in [0.25, 0.3) is 11.4 Å². The van der Waals surface area contributed by atoms with Gasteiger partial charge in [0.25, 0.3) is 0 Å². The summed E-state index contributed by atoms with van der Waals surface area (Å²) in [5.41, 5.74) is 3.16. The first-order valence-corrected chi connectivity index (χ1v) is 7.40. The van der Waals surface area contributed by atoms with Crippen molar-refractivity contribution in [2.75, 3.05) is 5.32 Å². The molecule has 2 aromatic carbocycles. The number of halogens is 1. The van der Waals surface area contributed by atoms with Crippen LogP contribution in [0, 0.1) is 6.92 Å². The fraction of sp³-hybridized carbons (Fsp3) is 0.125. The summed E-state index contributed by atoms with van der Waals surface area (Å²) in [6, 6.07) is 15.9. The van der Waals surface area contributed by atoms with Crippen LogP contribution in [0.2, 0.25) is 0 Å². The summed E-state index contributed by atoms with van der Waals surface area (Å²) in [6.45, 7) is 2.55. The summed E-state index contributed by atoms with van der Waals surface area (Å²) >= 11 is 3.45. The number of hydrogen-bond donors (Lipinski definition) is 1. The highest BCUT2D eigenvalue weighted by Gasteiger charge is 2.08. The summed E-state index contributed by atoms with van der Waals surface area (Å²) in [7, 11) is 0. The van der Waals surface area contributed by atoms with Gasteiger partial charge in [-0.05, 0) is 30.7 Å². The monoisotopic (exact) mass is 343 g/mol. The zero-order chi connectivity index (χ0) is 14.7. The third-order valence-electron chi connectivity index (χ3n) is 3.12. The minimum Gasteiger partial charge on any atom is -0.376 e. The topological polar surface area (TPSA) is 51.0 Å². The number of hydrogen-bond acceptors (Lipinski definition) is 4. The average Bonchev–Trinajstić information content (AvgIpc) is 2.96. The smallest absolute Gasteiger partial charge is 0.246 e. The maximum Gasteiger partial charge on any atom is 0.246 e. The van der Waals surface area contributed by atoms with E-state index in [1.807, 2.05) is 42.5 Å². The molecule has 1 heterocycles. The lowest BCUT2D eigenvalue weighted by Crippen LogP contribution is -2.01. The number of nitrogens with one attached hydrogen (secondary N) is 1. The second kappa shape index (κ2) is 6.10. The predicted molar refractivity (Wildman–Crippen MR) is 85.9 cm³/mol. The lowest BCUT2D eigenvalue weighted by atomic mass is 10.2. The standard InChI is InChI=1S/C16H14BrN3O/c1-11-9-13(17)7-8-14(11)18-10-15-19-16(20-21-15)12-5-3-2-4-6-12/h2-9,18H,10H2,1H3. The summed E-state index contributed by atoms with van der Waals surface area (Å²) in [6.07, 6.45) is 0. The molecule has 0 spiro atoms. The molecule has 4 nitrogen and oxygen atoms in total. The van der Waals surface area contributed by atoms with Crippen LogP contribution in [0.3, 0.4) is 0 Å². The Labute approximate surface area is 131 Å². The molecule has 0 saturated heterocycles. The normalized spacial score (nSPS) is 10.6. The van der Waals surface area contributed by atoms with Crippen LogP contribution in [-0.4, -0.2) is 10.1 Å². The molecule has 0 fully saturated rings. The van der Waals surface area contributed by atoms with Crippen LogP contribution < -0.4 is 5.32 Å². The van der Waals surface area contributed by atoms with Crippen LogP contribution in [-0.2, 0) is 6.54 Å².